The highest BCUT2D eigenvalue weighted by Gasteiger charge is 2.22. The van der Waals surface area contributed by atoms with Gasteiger partial charge < -0.3 is 0 Å². The normalized spacial score (nSPS) is 17.9. The number of nitrogens with zero attached hydrogens (tertiary/aromatic N) is 1. The van der Waals surface area contributed by atoms with Crippen LogP contribution in [0, 0.1) is 0 Å². The Labute approximate surface area is 132 Å². The molecule has 1 saturated heterocycles. The largest absolute Gasteiger partial charge is 0.301 e. The molecule has 8 heteroatoms. The lowest BCUT2D eigenvalue weighted by atomic mass is 10.2. The van der Waals surface area contributed by atoms with Gasteiger partial charge in [-0.15, -0.1) is 0 Å². The predicted octanol–water partition coefficient (Wildman–Crippen LogP) is 1.76. The molecular weight excluding hydrogens is 324 g/mol. The van der Waals surface area contributed by atoms with Gasteiger partial charge in [0.2, 0.25) is 0 Å². The number of nitrogens with one attached hydrogen (secondary N) is 1. The minimum absolute atomic E-state index is 0.105. The van der Waals surface area contributed by atoms with Gasteiger partial charge >= 0.3 is 10.2 Å². The summed E-state index contributed by atoms with van der Waals surface area (Å²) >= 11 is 0. The molecular formula is C14H22N2O4S2. The molecule has 2 rings (SSSR count). The smallest absolute Gasteiger partial charge is 0.271 e. The monoisotopic (exact) mass is 346 g/mol. The summed E-state index contributed by atoms with van der Waals surface area (Å²) in [5.74, 6) is -0.105. The second-order valence-corrected chi connectivity index (χ2v) is 9.50. The highest BCUT2D eigenvalue weighted by molar-refractivity contribution is 7.90. The topological polar surface area (TPSA) is 83.5 Å². The molecule has 6 nitrogen and oxygen atoms in total. The van der Waals surface area contributed by atoms with Crippen LogP contribution in [0.15, 0.2) is 24.3 Å². The summed E-state index contributed by atoms with van der Waals surface area (Å²) in [4.78, 5) is 0. The Hall–Kier alpha value is -1.12. The van der Waals surface area contributed by atoms with Crippen molar-refractivity contribution in [3.63, 3.8) is 0 Å². The van der Waals surface area contributed by atoms with E-state index in [0.717, 1.165) is 31.9 Å². The quantitative estimate of drug-likeness (QED) is 0.880. The molecule has 0 atom stereocenters. The van der Waals surface area contributed by atoms with Gasteiger partial charge in [-0.05, 0) is 30.5 Å². The van der Waals surface area contributed by atoms with E-state index in [0.29, 0.717) is 24.3 Å². The van der Waals surface area contributed by atoms with Gasteiger partial charge in [-0.25, -0.2) is 8.42 Å². The van der Waals surface area contributed by atoms with E-state index < -0.39 is 20.0 Å². The Morgan fingerprint density at radius 3 is 2.27 bits per heavy atom. The van der Waals surface area contributed by atoms with Gasteiger partial charge in [-0.3, -0.25) is 4.72 Å². The number of anilines is 1. The van der Waals surface area contributed by atoms with Crippen LogP contribution in [0.25, 0.3) is 0 Å². The summed E-state index contributed by atoms with van der Waals surface area (Å²) < 4.78 is 51.5. The first-order chi connectivity index (χ1) is 10.3. The second kappa shape index (κ2) is 6.97. The fourth-order valence-electron chi connectivity index (χ4n) is 2.52. The van der Waals surface area contributed by atoms with Crippen LogP contribution in [0.1, 0.15) is 31.2 Å². The van der Waals surface area contributed by atoms with Crippen molar-refractivity contribution >= 4 is 25.7 Å². The molecule has 0 aliphatic carbocycles. The molecule has 1 aromatic carbocycles. The molecule has 0 unspecified atom stereocenters. The van der Waals surface area contributed by atoms with Gasteiger partial charge in [0.15, 0.2) is 9.84 Å². The molecule has 1 aromatic rings. The molecule has 0 radical (unpaired) electrons. The molecule has 0 saturated carbocycles. The van der Waals surface area contributed by atoms with Gasteiger partial charge in [-0.2, -0.15) is 12.7 Å². The van der Waals surface area contributed by atoms with E-state index in [4.69, 9.17) is 0 Å². The Morgan fingerprint density at radius 2 is 1.68 bits per heavy atom. The molecule has 1 heterocycles. The zero-order valence-electron chi connectivity index (χ0n) is 12.7. The van der Waals surface area contributed by atoms with Gasteiger partial charge in [0.1, 0.15) is 0 Å². The zero-order valence-corrected chi connectivity index (χ0v) is 14.3. The predicted molar refractivity (Wildman–Crippen MR) is 87.6 cm³/mol. The van der Waals surface area contributed by atoms with Crippen molar-refractivity contribution in [1.29, 1.82) is 0 Å². The standard InChI is InChI=1S/C14H22N2O4S2/c1-21(17,18)12-13-7-6-8-14(11-13)15-22(19,20)16-9-4-2-3-5-10-16/h6-8,11,15H,2-5,9-10,12H2,1H3. The maximum atomic E-state index is 12.4. The Bertz CT molecular complexity index is 706. The highest BCUT2D eigenvalue weighted by atomic mass is 32.2. The van der Waals surface area contributed by atoms with Crippen molar-refractivity contribution in [2.45, 2.75) is 31.4 Å². The van der Waals surface area contributed by atoms with E-state index in [1.54, 1.807) is 24.3 Å². The first kappa shape index (κ1) is 17.2. The van der Waals surface area contributed by atoms with Crippen LogP contribution >= 0.6 is 0 Å². The number of hydrogen-bond donors (Lipinski definition) is 1. The van der Waals surface area contributed by atoms with Crippen molar-refractivity contribution < 1.29 is 16.8 Å². The Morgan fingerprint density at radius 1 is 1.05 bits per heavy atom. The van der Waals surface area contributed by atoms with Gasteiger partial charge in [0, 0.05) is 19.3 Å². The first-order valence-corrected chi connectivity index (χ1v) is 10.8. The van der Waals surface area contributed by atoms with Crippen molar-refractivity contribution in [2.24, 2.45) is 0 Å². The van der Waals surface area contributed by atoms with Crippen LogP contribution in [-0.4, -0.2) is 40.5 Å². The van der Waals surface area contributed by atoms with E-state index in [1.165, 1.54) is 4.31 Å². The zero-order chi connectivity index (χ0) is 16.2. The molecule has 0 aromatic heterocycles. The molecule has 22 heavy (non-hydrogen) atoms. The number of sulfone groups is 1. The maximum Gasteiger partial charge on any atom is 0.301 e. The van der Waals surface area contributed by atoms with E-state index in [1.807, 2.05) is 0 Å². The van der Waals surface area contributed by atoms with Crippen LogP contribution in [0.2, 0.25) is 0 Å². The van der Waals surface area contributed by atoms with E-state index in [-0.39, 0.29) is 5.75 Å². The average molecular weight is 346 g/mol. The molecule has 124 valence electrons. The van der Waals surface area contributed by atoms with Crippen molar-refractivity contribution in [1.82, 2.24) is 4.31 Å². The third-order valence-electron chi connectivity index (χ3n) is 3.51. The highest BCUT2D eigenvalue weighted by Crippen LogP contribution is 2.18. The summed E-state index contributed by atoms with van der Waals surface area (Å²) in [5.41, 5.74) is 0.962. The summed E-state index contributed by atoms with van der Waals surface area (Å²) in [6, 6.07) is 6.52. The van der Waals surface area contributed by atoms with Crippen LogP contribution in [0.5, 0.6) is 0 Å². The van der Waals surface area contributed by atoms with Crippen molar-refractivity contribution in [2.75, 3.05) is 24.1 Å². The summed E-state index contributed by atoms with van der Waals surface area (Å²) in [6.07, 6.45) is 5.00. The SMILES string of the molecule is CS(=O)(=O)Cc1cccc(NS(=O)(=O)N2CCCCCC2)c1. The van der Waals surface area contributed by atoms with Gasteiger partial charge in [0.05, 0.1) is 11.4 Å². The minimum atomic E-state index is -3.59. The fourth-order valence-corrected chi connectivity index (χ4v) is 4.60. The number of benzene rings is 1. The Kier molecular flexibility index (Phi) is 5.46. The molecule has 1 aliphatic rings. The summed E-state index contributed by atoms with van der Waals surface area (Å²) in [5, 5.41) is 0. The van der Waals surface area contributed by atoms with Gasteiger partial charge in [-0.1, -0.05) is 25.0 Å². The third-order valence-corrected chi connectivity index (χ3v) is 5.90. The third kappa shape index (κ3) is 5.26. The van der Waals surface area contributed by atoms with Crippen LogP contribution in [-0.2, 0) is 25.8 Å². The summed E-state index contributed by atoms with van der Waals surface area (Å²) in [7, 11) is -6.74. The van der Waals surface area contributed by atoms with E-state index in [9.17, 15) is 16.8 Å². The lowest BCUT2D eigenvalue weighted by Crippen LogP contribution is -2.36. The van der Waals surface area contributed by atoms with Crippen molar-refractivity contribution in [3.05, 3.63) is 29.8 Å². The lowest BCUT2D eigenvalue weighted by Gasteiger charge is -2.21. The molecule has 1 N–H and O–H groups in total. The molecule has 1 aliphatic heterocycles. The maximum absolute atomic E-state index is 12.4. The average Bonchev–Trinajstić information content (AvgIpc) is 2.65. The fraction of sp³-hybridized carbons (Fsp3) is 0.571. The number of hydrogen-bond acceptors (Lipinski definition) is 4. The first-order valence-electron chi connectivity index (χ1n) is 7.31. The second-order valence-electron chi connectivity index (χ2n) is 5.69. The summed E-state index contributed by atoms with van der Waals surface area (Å²) in [6.45, 7) is 1.05. The molecule has 0 amide bonds. The molecule has 0 spiro atoms. The molecule has 0 bridgehead atoms. The van der Waals surface area contributed by atoms with Gasteiger partial charge in [0.25, 0.3) is 0 Å². The van der Waals surface area contributed by atoms with Crippen LogP contribution in [0.3, 0.4) is 0 Å². The van der Waals surface area contributed by atoms with Crippen LogP contribution in [0.4, 0.5) is 5.69 Å². The van der Waals surface area contributed by atoms with Crippen molar-refractivity contribution in [3.8, 4) is 0 Å². The lowest BCUT2D eigenvalue weighted by molar-refractivity contribution is 0.427. The van der Waals surface area contributed by atoms with Crippen LogP contribution < -0.4 is 4.72 Å². The number of rotatable bonds is 5. The minimum Gasteiger partial charge on any atom is -0.271 e. The van der Waals surface area contributed by atoms with E-state index >= 15 is 0 Å². The van der Waals surface area contributed by atoms with E-state index in [2.05, 4.69) is 4.72 Å². The Balaban J connectivity index is 2.13. The molecule has 1 fully saturated rings.